The zero-order valence-corrected chi connectivity index (χ0v) is 25.6. The normalized spacial score (nSPS) is 21.0. The van der Waals surface area contributed by atoms with Gasteiger partial charge in [0.2, 0.25) is 0 Å². The summed E-state index contributed by atoms with van der Waals surface area (Å²) in [7, 11) is 0. The zero-order valence-electron chi connectivity index (χ0n) is 25.6. The van der Waals surface area contributed by atoms with Crippen LogP contribution in [-0.4, -0.2) is 36.1 Å². The molecule has 0 amide bonds. The number of ether oxygens (including phenoxy) is 2. The highest BCUT2D eigenvalue weighted by atomic mass is 19.1. The maximum absolute atomic E-state index is 13.4. The van der Waals surface area contributed by atoms with Gasteiger partial charge in [-0.25, -0.2) is 4.39 Å². The Labute approximate surface area is 246 Å². The molecular formula is C36H48FNO3. The highest BCUT2D eigenvalue weighted by Gasteiger charge is 2.39. The fourth-order valence-electron chi connectivity index (χ4n) is 6.99. The van der Waals surface area contributed by atoms with Crippen LogP contribution in [0.15, 0.2) is 42.0 Å². The second-order valence-corrected chi connectivity index (χ2v) is 13.2. The van der Waals surface area contributed by atoms with Crippen LogP contribution in [0.3, 0.4) is 0 Å². The van der Waals surface area contributed by atoms with Crippen molar-refractivity contribution in [2.75, 3.05) is 19.6 Å². The number of allylic oxidation sites excluding steroid dienone is 1. The highest BCUT2D eigenvalue weighted by molar-refractivity contribution is 5.84. The third-order valence-electron chi connectivity index (χ3n) is 9.39. The number of carbonyl (C=O) groups excluding carboxylic acids is 1. The molecule has 2 aromatic rings. The minimum absolute atomic E-state index is 0.151. The lowest BCUT2D eigenvalue weighted by molar-refractivity contribution is -0.134. The van der Waals surface area contributed by atoms with Crippen LogP contribution >= 0.6 is 0 Å². The Hall–Kier alpha value is -2.66. The number of halogens is 1. The van der Waals surface area contributed by atoms with Crippen LogP contribution in [0.4, 0.5) is 4.39 Å². The molecule has 1 fully saturated rings. The molecule has 1 aliphatic carbocycles. The summed E-state index contributed by atoms with van der Waals surface area (Å²) in [5.41, 5.74) is 5.60. The lowest BCUT2D eigenvalue weighted by atomic mass is 9.74. The number of hydrogen-bond acceptors (Lipinski definition) is 4. The lowest BCUT2D eigenvalue weighted by Crippen LogP contribution is -2.36. The van der Waals surface area contributed by atoms with E-state index in [9.17, 15) is 9.18 Å². The molecule has 5 heteroatoms. The van der Waals surface area contributed by atoms with Crippen LogP contribution in [0.5, 0.6) is 11.5 Å². The number of aryl methyl sites for hydroxylation is 1. The first-order valence-corrected chi connectivity index (χ1v) is 16.0. The summed E-state index contributed by atoms with van der Waals surface area (Å²) in [5, 5.41) is 0. The number of likely N-dealkylation sites (tertiary alicyclic amines) is 1. The van der Waals surface area contributed by atoms with E-state index in [2.05, 4.69) is 44.7 Å². The Balaban J connectivity index is 1.33. The van der Waals surface area contributed by atoms with Crippen LogP contribution < -0.4 is 9.47 Å². The fraction of sp³-hybridized carbons (Fsp3) is 0.583. The molecule has 4 nitrogen and oxygen atoms in total. The Bertz CT molecular complexity index is 1240. The molecule has 41 heavy (non-hydrogen) atoms. The number of benzene rings is 2. The molecule has 2 aromatic carbocycles. The van der Waals surface area contributed by atoms with E-state index in [0.717, 1.165) is 87.0 Å². The van der Waals surface area contributed by atoms with Crippen LogP contribution in [0.2, 0.25) is 0 Å². The average Bonchev–Trinajstić information content (AvgIpc) is 2.93. The van der Waals surface area contributed by atoms with Gasteiger partial charge in [0.1, 0.15) is 22.9 Å². The van der Waals surface area contributed by atoms with Crippen molar-refractivity contribution in [3.63, 3.8) is 0 Å². The number of nitrogens with zero attached hydrogens (tertiary/aromatic N) is 1. The Morgan fingerprint density at radius 1 is 1.12 bits per heavy atom. The minimum atomic E-state index is -0.367. The fourth-order valence-corrected chi connectivity index (χ4v) is 6.99. The predicted molar refractivity (Wildman–Crippen MR) is 164 cm³/mol. The van der Waals surface area contributed by atoms with Gasteiger partial charge in [0.05, 0.1) is 5.56 Å². The first kappa shape index (κ1) is 29.8. The number of fused-ring (bicyclic) bond motifs is 2. The Morgan fingerprint density at radius 3 is 2.63 bits per heavy atom. The molecule has 2 atom stereocenters. The van der Waals surface area contributed by atoms with Crippen LogP contribution in [-0.2, 0) is 11.2 Å². The summed E-state index contributed by atoms with van der Waals surface area (Å²) in [5.74, 6) is 2.11. The van der Waals surface area contributed by atoms with Crippen molar-refractivity contribution in [1.82, 2.24) is 4.90 Å². The average molecular weight is 562 g/mol. The van der Waals surface area contributed by atoms with Gasteiger partial charge in [-0.3, -0.25) is 4.79 Å². The van der Waals surface area contributed by atoms with Gasteiger partial charge >= 0.3 is 5.97 Å². The molecule has 5 rings (SSSR count). The molecule has 0 bridgehead atoms. The maximum atomic E-state index is 13.4. The van der Waals surface area contributed by atoms with E-state index in [4.69, 9.17) is 9.47 Å². The standard InChI is InChI=1S/C36H48FNO3/c1-25-13-18-31-30(22-25)35-32(40-34(39)12-9-21-38-19-6-5-7-20-38)23-27(24-33(35)41-36(31,3)4)11-8-10-26(2)28-14-16-29(37)17-15-28/h14-17,23-26H,5-13,18-22H2,1-4H3. The van der Waals surface area contributed by atoms with Crippen molar-refractivity contribution in [2.24, 2.45) is 5.92 Å². The van der Waals surface area contributed by atoms with Gasteiger partial charge in [0, 0.05) is 6.42 Å². The van der Waals surface area contributed by atoms with E-state index in [1.165, 1.54) is 42.5 Å². The van der Waals surface area contributed by atoms with Gasteiger partial charge in [0.25, 0.3) is 0 Å². The molecule has 0 aromatic heterocycles. The van der Waals surface area contributed by atoms with Gasteiger partial charge in [-0.05, 0) is 150 Å². The predicted octanol–water partition coefficient (Wildman–Crippen LogP) is 8.87. The van der Waals surface area contributed by atoms with Gasteiger partial charge in [-0.1, -0.05) is 32.4 Å². The van der Waals surface area contributed by atoms with Crippen molar-refractivity contribution in [1.29, 1.82) is 0 Å². The summed E-state index contributed by atoms with van der Waals surface area (Å²) >= 11 is 0. The van der Waals surface area contributed by atoms with E-state index >= 15 is 0 Å². The first-order valence-electron chi connectivity index (χ1n) is 16.0. The van der Waals surface area contributed by atoms with Gasteiger partial charge in [-0.2, -0.15) is 0 Å². The van der Waals surface area contributed by atoms with Crippen molar-refractivity contribution < 1.29 is 18.7 Å². The minimum Gasteiger partial charge on any atom is -0.483 e. The number of rotatable bonds is 10. The van der Waals surface area contributed by atoms with Crippen molar-refractivity contribution in [3.8, 4) is 11.5 Å². The first-order chi connectivity index (χ1) is 19.7. The van der Waals surface area contributed by atoms with Crippen molar-refractivity contribution >= 4 is 11.5 Å². The second kappa shape index (κ2) is 13.1. The summed E-state index contributed by atoms with van der Waals surface area (Å²) in [6, 6.07) is 11.1. The number of hydrogen-bond donors (Lipinski definition) is 0. The Morgan fingerprint density at radius 2 is 1.88 bits per heavy atom. The van der Waals surface area contributed by atoms with E-state index in [1.54, 1.807) is 0 Å². The van der Waals surface area contributed by atoms with Crippen LogP contribution in [0.25, 0.3) is 5.57 Å². The molecule has 2 aliphatic heterocycles. The van der Waals surface area contributed by atoms with E-state index < -0.39 is 0 Å². The summed E-state index contributed by atoms with van der Waals surface area (Å²) in [6.45, 7) is 12.1. The molecular weight excluding hydrogens is 513 g/mol. The summed E-state index contributed by atoms with van der Waals surface area (Å²) in [4.78, 5) is 15.6. The number of piperidine rings is 1. The van der Waals surface area contributed by atoms with Gasteiger partial charge < -0.3 is 14.4 Å². The van der Waals surface area contributed by atoms with E-state index in [0.29, 0.717) is 24.0 Å². The Kier molecular flexibility index (Phi) is 9.53. The topological polar surface area (TPSA) is 38.8 Å². The lowest BCUT2D eigenvalue weighted by Gasteiger charge is -2.41. The number of esters is 1. The second-order valence-electron chi connectivity index (χ2n) is 13.2. The molecule has 3 aliphatic rings. The van der Waals surface area contributed by atoms with E-state index in [-0.39, 0.29) is 17.4 Å². The summed E-state index contributed by atoms with van der Waals surface area (Å²) in [6.07, 6.45) is 11.1. The maximum Gasteiger partial charge on any atom is 0.311 e. The van der Waals surface area contributed by atoms with E-state index in [1.807, 2.05) is 12.1 Å². The third-order valence-corrected chi connectivity index (χ3v) is 9.39. The van der Waals surface area contributed by atoms with Crippen LogP contribution in [0.1, 0.15) is 115 Å². The largest absolute Gasteiger partial charge is 0.483 e. The molecule has 0 spiro atoms. The molecule has 0 radical (unpaired) electrons. The molecule has 222 valence electrons. The highest BCUT2D eigenvalue weighted by Crippen LogP contribution is 2.52. The molecule has 2 unspecified atom stereocenters. The molecule has 0 saturated carbocycles. The molecule has 0 N–H and O–H groups in total. The zero-order chi connectivity index (χ0) is 29.0. The van der Waals surface area contributed by atoms with Crippen molar-refractivity contribution in [2.45, 2.75) is 110 Å². The molecule has 1 saturated heterocycles. The number of carbonyl (C=O) groups is 1. The van der Waals surface area contributed by atoms with Gasteiger partial charge in [-0.15, -0.1) is 0 Å². The van der Waals surface area contributed by atoms with Crippen LogP contribution in [0, 0.1) is 11.7 Å². The monoisotopic (exact) mass is 561 g/mol. The van der Waals surface area contributed by atoms with Crippen molar-refractivity contribution in [3.05, 3.63) is 64.5 Å². The SMILES string of the molecule is CC1CCC2=C(C1)c1c(OC(=O)CCCN3CCCCC3)cc(CCCC(C)c3ccc(F)cc3)cc1OC2(C)C. The van der Waals surface area contributed by atoms with Gasteiger partial charge in [0.15, 0.2) is 0 Å². The quantitative estimate of drug-likeness (QED) is 0.215. The smallest absolute Gasteiger partial charge is 0.311 e. The third kappa shape index (κ3) is 7.41. The summed E-state index contributed by atoms with van der Waals surface area (Å²) < 4.78 is 26.2. The molecule has 2 heterocycles.